The van der Waals surface area contributed by atoms with Crippen molar-refractivity contribution in [3.63, 3.8) is 0 Å². The summed E-state index contributed by atoms with van der Waals surface area (Å²) in [6.45, 7) is 1.59. The van der Waals surface area contributed by atoms with E-state index < -0.39 is 16.1 Å². The van der Waals surface area contributed by atoms with Crippen LogP contribution in [0.1, 0.15) is 40.7 Å². The molecule has 0 atom stereocenters. The summed E-state index contributed by atoms with van der Waals surface area (Å²) in [6.07, 6.45) is 8.52. The summed E-state index contributed by atoms with van der Waals surface area (Å²) in [6, 6.07) is 1.51. The second kappa shape index (κ2) is 6.35. The number of anilines is 1. The smallest absolute Gasteiger partial charge is 0.307 e. The zero-order chi connectivity index (χ0) is 18.3. The molecule has 2 aliphatic rings. The Bertz CT molecular complexity index is 969. The first-order chi connectivity index (χ1) is 12.5. The molecule has 136 valence electrons. The number of hydrogen-bond donors (Lipinski definition) is 2. The number of nitrogens with zero attached hydrogens (tertiary/aromatic N) is 2. The number of aryl methyl sites for hydroxylation is 3. The first-order valence-electron chi connectivity index (χ1n) is 8.72. The first kappa shape index (κ1) is 17.0. The zero-order valence-electron chi connectivity index (χ0n) is 14.5. The van der Waals surface area contributed by atoms with Gasteiger partial charge in [-0.2, -0.15) is 8.42 Å². The number of benzene rings is 1. The Morgan fingerprint density at radius 1 is 1.08 bits per heavy atom. The van der Waals surface area contributed by atoms with Gasteiger partial charge in [0, 0.05) is 17.4 Å². The molecule has 4 rings (SSSR count). The van der Waals surface area contributed by atoms with Crippen LogP contribution in [0.2, 0.25) is 0 Å². The molecule has 8 heteroatoms. The number of sulfonamides is 1. The summed E-state index contributed by atoms with van der Waals surface area (Å²) in [5.74, 6) is 0. The number of fused-ring (bicyclic) bond motifs is 2. The fourth-order valence-electron chi connectivity index (χ4n) is 3.95. The van der Waals surface area contributed by atoms with Crippen LogP contribution in [0, 0.1) is 6.92 Å². The van der Waals surface area contributed by atoms with Crippen molar-refractivity contribution >= 4 is 21.7 Å². The molecule has 1 heterocycles. The van der Waals surface area contributed by atoms with E-state index >= 15 is 0 Å². The van der Waals surface area contributed by atoms with Gasteiger partial charge in [-0.05, 0) is 67.7 Å². The molecule has 0 aliphatic heterocycles. The van der Waals surface area contributed by atoms with Gasteiger partial charge in [-0.25, -0.2) is 19.5 Å². The Morgan fingerprint density at radius 3 is 2.35 bits per heavy atom. The predicted molar refractivity (Wildman–Crippen MR) is 96.6 cm³/mol. The molecule has 0 saturated carbocycles. The van der Waals surface area contributed by atoms with Crippen LogP contribution in [-0.2, 0) is 35.7 Å². The third kappa shape index (κ3) is 2.94. The van der Waals surface area contributed by atoms with Gasteiger partial charge >= 0.3 is 6.03 Å². The number of hydrogen-bond acceptors (Lipinski definition) is 5. The van der Waals surface area contributed by atoms with E-state index in [1.165, 1.54) is 17.3 Å². The molecule has 0 saturated heterocycles. The molecule has 26 heavy (non-hydrogen) atoms. The van der Waals surface area contributed by atoms with Crippen molar-refractivity contribution in [3.8, 4) is 0 Å². The molecule has 2 aliphatic carbocycles. The second-order valence-electron chi connectivity index (χ2n) is 6.80. The van der Waals surface area contributed by atoms with E-state index in [0.717, 1.165) is 61.7 Å². The lowest BCUT2D eigenvalue weighted by atomic mass is 9.99. The Hall–Kier alpha value is -2.48. The molecule has 0 fully saturated rings. The van der Waals surface area contributed by atoms with E-state index in [1.54, 1.807) is 6.92 Å². The number of amides is 2. The number of carbonyl (C=O) groups is 1. The number of carbonyl (C=O) groups excluding carboxylic acids is 1. The van der Waals surface area contributed by atoms with E-state index in [0.29, 0.717) is 5.56 Å². The summed E-state index contributed by atoms with van der Waals surface area (Å²) in [7, 11) is -4.05. The van der Waals surface area contributed by atoms with Crippen molar-refractivity contribution in [2.45, 2.75) is 50.5 Å². The molecule has 0 unspecified atom stereocenters. The normalized spacial score (nSPS) is 15.4. The molecule has 2 aromatic rings. The average molecular weight is 372 g/mol. The zero-order valence-corrected chi connectivity index (χ0v) is 15.3. The van der Waals surface area contributed by atoms with Crippen LogP contribution in [0.4, 0.5) is 10.5 Å². The molecule has 1 aromatic carbocycles. The summed E-state index contributed by atoms with van der Waals surface area (Å²) < 4.78 is 27.0. The Kier molecular flexibility index (Phi) is 4.14. The lowest BCUT2D eigenvalue weighted by molar-refractivity contribution is 0.256. The fourth-order valence-corrected chi connectivity index (χ4v) is 5.00. The minimum atomic E-state index is -4.05. The highest BCUT2D eigenvalue weighted by molar-refractivity contribution is 7.90. The average Bonchev–Trinajstić information content (AvgIpc) is 3.23. The molecular weight excluding hydrogens is 352 g/mol. The maximum absolute atomic E-state index is 12.5. The molecule has 2 N–H and O–H groups in total. The second-order valence-corrected chi connectivity index (χ2v) is 8.40. The van der Waals surface area contributed by atoms with Crippen LogP contribution in [0.25, 0.3) is 0 Å². The molecular formula is C18H20N4O3S. The molecule has 2 amide bonds. The summed E-state index contributed by atoms with van der Waals surface area (Å²) in [5.41, 5.74) is 6.03. The topological polar surface area (TPSA) is 101 Å². The highest BCUT2D eigenvalue weighted by Gasteiger charge is 2.27. The SMILES string of the molecule is Cc1cncnc1S(=O)(=O)NC(=O)Nc1c2c(cc3c1CCC3)CCC2. The van der Waals surface area contributed by atoms with Crippen LogP contribution in [0.3, 0.4) is 0 Å². The quantitative estimate of drug-likeness (QED) is 0.805. The minimum absolute atomic E-state index is 0.189. The number of urea groups is 1. The van der Waals surface area contributed by atoms with Gasteiger partial charge in [-0.15, -0.1) is 0 Å². The molecule has 0 bridgehead atoms. The van der Waals surface area contributed by atoms with Crippen LogP contribution in [0.5, 0.6) is 0 Å². The predicted octanol–water partition coefficient (Wildman–Crippen LogP) is 2.27. The Balaban J connectivity index is 1.61. The highest BCUT2D eigenvalue weighted by Crippen LogP contribution is 2.38. The standard InChI is InChI=1S/C18H20N4O3S/c1-11-9-19-10-20-17(11)26(24,25)22-18(23)21-16-14-6-2-4-12(14)8-13-5-3-7-15(13)16/h8-10H,2-7H2,1H3,(H2,21,22,23). The van der Waals surface area contributed by atoms with Crippen molar-refractivity contribution in [1.29, 1.82) is 0 Å². The minimum Gasteiger partial charge on any atom is -0.307 e. The molecule has 0 spiro atoms. The van der Waals surface area contributed by atoms with E-state index in [9.17, 15) is 13.2 Å². The summed E-state index contributed by atoms with van der Waals surface area (Å²) in [4.78, 5) is 20.0. The number of rotatable bonds is 3. The van der Waals surface area contributed by atoms with Crippen molar-refractivity contribution in [3.05, 3.63) is 46.4 Å². The third-order valence-corrected chi connectivity index (χ3v) is 6.43. The lowest BCUT2D eigenvalue weighted by Gasteiger charge is -2.16. The van der Waals surface area contributed by atoms with Crippen LogP contribution in [-0.4, -0.2) is 24.4 Å². The number of aromatic nitrogens is 2. The molecule has 0 radical (unpaired) electrons. The monoisotopic (exact) mass is 372 g/mol. The van der Waals surface area contributed by atoms with Crippen molar-refractivity contribution in [2.75, 3.05) is 5.32 Å². The van der Waals surface area contributed by atoms with Crippen molar-refractivity contribution in [2.24, 2.45) is 0 Å². The maximum Gasteiger partial charge on any atom is 0.333 e. The largest absolute Gasteiger partial charge is 0.333 e. The van der Waals surface area contributed by atoms with Crippen LogP contribution >= 0.6 is 0 Å². The fraction of sp³-hybridized carbons (Fsp3) is 0.389. The van der Waals surface area contributed by atoms with Gasteiger partial charge < -0.3 is 5.32 Å². The maximum atomic E-state index is 12.5. The van der Waals surface area contributed by atoms with E-state index in [1.807, 2.05) is 0 Å². The highest BCUT2D eigenvalue weighted by atomic mass is 32.2. The third-order valence-electron chi connectivity index (χ3n) is 5.04. The first-order valence-corrected chi connectivity index (χ1v) is 10.2. The van der Waals surface area contributed by atoms with Gasteiger partial charge in [0.2, 0.25) is 0 Å². The van der Waals surface area contributed by atoms with Gasteiger partial charge in [-0.1, -0.05) is 6.07 Å². The van der Waals surface area contributed by atoms with Gasteiger partial charge in [0.25, 0.3) is 10.0 Å². The van der Waals surface area contributed by atoms with Crippen molar-refractivity contribution < 1.29 is 13.2 Å². The lowest BCUT2D eigenvalue weighted by Crippen LogP contribution is -2.35. The summed E-state index contributed by atoms with van der Waals surface area (Å²) in [5, 5.41) is 2.63. The van der Waals surface area contributed by atoms with Gasteiger partial charge in [0.05, 0.1) is 0 Å². The van der Waals surface area contributed by atoms with E-state index in [4.69, 9.17) is 0 Å². The van der Waals surface area contributed by atoms with E-state index in [-0.39, 0.29) is 5.03 Å². The van der Waals surface area contributed by atoms with E-state index in [2.05, 4.69) is 26.1 Å². The van der Waals surface area contributed by atoms with Gasteiger partial charge in [0.1, 0.15) is 6.33 Å². The number of nitrogens with one attached hydrogen (secondary N) is 2. The Labute approximate surface area is 152 Å². The van der Waals surface area contributed by atoms with Crippen LogP contribution < -0.4 is 10.0 Å². The molecule has 7 nitrogen and oxygen atoms in total. The molecule has 1 aromatic heterocycles. The van der Waals surface area contributed by atoms with Gasteiger partial charge in [-0.3, -0.25) is 0 Å². The Morgan fingerprint density at radius 2 is 1.73 bits per heavy atom. The van der Waals surface area contributed by atoms with Crippen LogP contribution in [0.15, 0.2) is 23.6 Å². The van der Waals surface area contributed by atoms with Gasteiger partial charge in [0.15, 0.2) is 5.03 Å². The van der Waals surface area contributed by atoms with Crippen molar-refractivity contribution in [1.82, 2.24) is 14.7 Å². The summed E-state index contributed by atoms with van der Waals surface area (Å²) >= 11 is 0.